The monoisotopic (exact) mass is 290 g/mol. The molecule has 0 amide bonds. The van der Waals surface area contributed by atoms with Crippen LogP contribution < -0.4 is 4.74 Å². The van der Waals surface area contributed by atoms with Gasteiger partial charge in [0.1, 0.15) is 12.4 Å². The van der Waals surface area contributed by atoms with Crippen molar-refractivity contribution in [3.05, 3.63) is 64.2 Å². The van der Waals surface area contributed by atoms with Crippen molar-refractivity contribution >= 4 is 17.6 Å². The summed E-state index contributed by atoms with van der Waals surface area (Å²) in [4.78, 5) is 10.8. The standard InChI is InChI=1S/C16H15ClO3/c1-2-12-9-14(7-8-15(12)17)20-10-11-3-5-13(6-4-11)16(18)19/h3-9H,2,10H2,1H3,(H,18,19). The van der Waals surface area contributed by atoms with Crippen LogP contribution in [0.15, 0.2) is 42.5 Å². The largest absolute Gasteiger partial charge is 0.489 e. The number of hydrogen-bond donors (Lipinski definition) is 1. The Bertz CT molecular complexity index is 606. The lowest BCUT2D eigenvalue weighted by molar-refractivity contribution is 0.0697. The van der Waals surface area contributed by atoms with Crippen LogP contribution in [0.25, 0.3) is 0 Å². The fraction of sp³-hybridized carbons (Fsp3) is 0.188. The Morgan fingerprint density at radius 1 is 1.20 bits per heavy atom. The van der Waals surface area contributed by atoms with Crippen molar-refractivity contribution in [2.75, 3.05) is 0 Å². The van der Waals surface area contributed by atoms with E-state index in [1.54, 1.807) is 24.3 Å². The van der Waals surface area contributed by atoms with Gasteiger partial charge in [0.05, 0.1) is 5.56 Å². The molecule has 104 valence electrons. The van der Waals surface area contributed by atoms with Gasteiger partial charge in [0.15, 0.2) is 0 Å². The molecule has 0 saturated carbocycles. The van der Waals surface area contributed by atoms with E-state index in [1.165, 1.54) is 0 Å². The van der Waals surface area contributed by atoms with Crippen LogP contribution in [-0.2, 0) is 13.0 Å². The van der Waals surface area contributed by atoms with Crippen LogP contribution in [-0.4, -0.2) is 11.1 Å². The van der Waals surface area contributed by atoms with Gasteiger partial charge in [0.2, 0.25) is 0 Å². The van der Waals surface area contributed by atoms with Gasteiger partial charge in [-0.25, -0.2) is 4.79 Å². The van der Waals surface area contributed by atoms with Crippen LogP contribution >= 0.6 is 11.6 Å². The van der Waals surface area contributed by atoms with Gasteiger partial charge in [-0.3, -0.25) is 0 Å². The molecule has 0 saturated heterocycles. The Kier molecular flexibility index (Phi) is 4.64. The molecule has 0 atom stereocenters. The number of carboxylic acid groups (broad SMARTS) is 1. The predicted octanol–water partition coefficient (Wildman–Crippen LogP) is 4.18. The van der Waals surface area contributed by atoms with E-state index in [-0.39, 0.29) is 5.56 Å². The molecule has 0 aliphatic heterocycles. The third kappa shape index (κ3) is 3.52. The van der Waals surface area contributed by atoms with Crippen molar-refractivity contribution in [3.8, 4) is 5.75 Å². The number of rotatable bonds is 5. The lowest BCUT2D eigenvalue weighted by Crippen LogP contribution is -1.99. The van der Waals surface area contributed by atoms with E-state index in [1.807, 2.05) is 25.1 Å². The van der Waals surface area contributed by atoms with Gasteiger partial charge in [0, 0.05) is 5.02 Å². The van der Waals surface area contributed by atoms with Crippen molar-refractivity contribution in [1.82, 2.24) is 0 Å². The summed E-state index contributed by atoms with van der Waals surface area (Å²) < 4.78 is 5.68. The molecule has 0 unspecified atom stereocenters. The molecule has 0 bridgehead atoms. The fourth-order valence-corrected chi connectivity index (χ4v) is 2.07. The van der Waals surface area contributed by atoms with Gasteiger partial charge in [-0.1, -0.05) is 30.7 Å². The molecule has 3 nitrogen and oxygen atoms in total. The maximum absolute atomic E-state index is 10.8. The van der Waals surface area contributed by atoms with Gasteiger partial charge in [-0.15, -0.1) is 0 Å². The Balaban J connectivity index is 2.03. The van der Waals surface area contributed by atoms with Crippen LogP contribution in [0.3, 0.4) is 0 Å². The summed E-state index contributed by atoms with van der Waals surface area (Å²) in [6, 6.07) is 12.2. The fourth-order valence-electron chi connectivity index (χ4n) is 1.82. The number of halogens is 1. The first-order valence-corrected chi connectivity index (χ1v) is 6.71. The maximum Gasteiger partial charge on any atom is 0.335 e. The minimum atomic E-state index is -0.928. The minimum absolute atomic E-state index is 0.272. The normalized spacial score (nSPS) is 10.3. The highest BCUT2D eigenvalue weighted by atomic mass is 35.5. The Labute approximate surface area is 122 Å². The SMILES string of the molecule is CCc1cc(OCc2ccc(C(=O)O)cc2)ccc1Cl. The molecule has 20 heavy (non-hydrogen) atoms. The second-order valence-corrected chi connectivity index (χ2v) is 4.80. The summed E-state index contributed by atoms with van der Waals surface area (Å²) in [6.45, 7) is 2.43. The summed E-state index contributed by atoms with van der Waals surface area (Å²) in [6.07, 6.45) is 0.851. The summed E-state index contributed by atoms with van der Waals surface area (Å²) in [5, 5.41) is 9.56. The molecular formula is C16H15ClO3. The van der Waals surface area contributed by atoms with E-state index >= 15 is 0 Å². The number of aromatic carboxylic acids is 1. The van der Waals surface area contributed by atoms with Crippen LogP contribution in [0.5, 0.6) is 5.75 Å². The van der Waals surface area contributed by atoms with Gasteiger partial charge in [0.25, 0.3) is 0 Å². The predicted molar refractivity (Wildman–Crippen MR) is 78.6 cm³/mol. The van der Waals surface area contributed by atoms with Gasteiger partial charge < -0.3 is 9.84 Å². The summed E-state index contributed by atoms with van der Waals surface area (Å²) in [5.41, 5.74) is 2.24. The highest BCUT2D eigenvalue weighted by Crippen LogP contribution is 2.23. The summed E-state index contributed by atoms with van der Waals surface area (Å²) in [7, 11) is 0. The van der Waals surface area contributed by atoms with E-state index in [0.29, 0.717) is 6.61 Å². The van der Waals surface area contributed by atoms with Gasteiger partial charge in [-0.2, -0.15) is 0 Å². The number of ether oxygens (including phenoxy) is 1. The summed E-state index contributed by atoms with van der Waals surface area (Å²) in [5.74, 6) is -0.170. The van der Waals surface area contributed by atoms with Crippen molar-refractivity contribution in [3.63, 3.8) is 0 Å². The highest BCUT2D eigenvalue weighted by molar-refractivity contribution is 6.31. The Morgan fingerprint density at radius 2 is 1.90 bits per heavy atom. The first kappa shape index (κ1) is 14.4. The van der Waals surface area contributed by atoms with Crippen LogP contribution in [0, 0.1) is 0 Å². The molecule has 4 heteroatoms. The smallest absolute Gasteiger partial charge is 0.335 e. The topological polar surface area (TPSA) is 46.5 Å². The number of benzene rings is 2. The van der Waals surface area contributed by atoms with Crippen molar-refractivity contribution < 1.29 is 14.6 Å². The molecule has 0 aromatic heterocycles. The molecule has 0 aliphatic carbocycles. The lowest BCUT2D eigenvalue weighted by atomic mass is 10.1. The quantitative estimate of drug-likeness (QED) is 0.898. The van der Waals surface area contributed by atoms with Crippen molar-refractivity contribution in [2.45, 2.75) is 20.0 Å². The van der Waals surface area contributed by atoms with Crippen LogP contribution in [0.4, 0.5) is 0 Å². The molecule has 0 heterocycles. The van der Waals surface area contributed by atoms with Crippen LogP contribution in [0.2, 0.25) is 5.02 Å². The summed E-state index contributed by atoms with van der Waals surface area (Å²) >= 11 is 6.05. The average Bonchev–Trinajstić information content (AvgIpc) is 2.46. The molecule has 0 fully saturated rings. The molecule has 0 spiro atoms. The molecule has 0 radical (unpaired) electrons. The second-order valence-electron chi connectivity index (χ2n) is 4.40. The number of hydrogen-bond acceptors (Lipinski definition) is 2. The molecule has 1 N–H and O–H groups in total. The Hall–Kier alpha value is -2.00. The molecule has 2 aromatic rings. The van der Waals surface area contributed by atoms with E-state index in [4.69, 9.17) is 21.4 Å². The number of aryl methyl sites for hydroxylation is 1. The minimum Gasteiger partial charge on any atom is -0.489 e. The molecule has 2 aromatic carbocycles. The van der Waals surface area contributed by atoms with Gasteiger partial charge in [-0.05, 0) is 47.9 Å². The van der Waals surface area contributed by atoms with E-state index in [9.17, 15) is 4.79 Å². The lowest BCUT2D eigenvalue weighted by Gasteiger charge is -2.09. The zero-order valence-electron chi connectivity index (χ0n) is 11.1. The van der Waals surface area contributed by atoms with E-state index in [2.05, 4.69) is 0 Å². The maximum atomic E-state index is 10.8. The first-order valence-electron chi connectivity index (χ1n) is 6.33. The van der Waals surface area contributed by atoms with Crippen molar-refractivity contribution in [1.29, 1.82) is 0 Å². The van der Waals surface area contributed by atoms with E-state index < -0.39 is 5.97 Å². The molecule has 0 aliphatic rings. The van der Waals surface area contributed by atoms with Gasteiger partial charge >= 0.3 is 5.97 Å². The third-order valence-electron chi connectivity index (χ3n) is 3.00. The highest BCUT2D eigenvalue weighted by Gasteiger charge is 2.04. The third-order valence-corrected chi connectivity index (χ3v) is 3.37. The zero-order valence-corrected chi connectivity index (χ0v) is 11.9. The average molecular weight is 291 g/mol. The van der Waals surface area contributed by atoms with Crippen LogP contribution in [0.1, 0.15) is 28.4 Å². The Morgan fingerprint density at radius 3 is 2.50 bits per heavy atom. The van der Waals surface area contributed by atoms with E-state index in [0.717, 1.165) is 28.3 Å². The number of carboxylic acids is 1. The molecular weight excluding hydrogens is 276 g/mol. The van der Waals surface area contributed by atoms with Crippen molar-refractivity contribution in [2.24, 2.45) is 0 Å². The number of carbonyl (C=O) groups is 1. The first-order chi connectivity index (χ1) is 9.60. The molecule has 2 rings (SSSR count). The zero-order chi connectivity index (χ0) is 14.5. The second kappa shape index (κ2) is 6.44.